The van der Waals surface area contributed by atoms with Crippen LogP contribution in [-0.2, 0) is 6.54 Å². The van der Waals surface area contributed by atoms with E-state index >= 15 is 0 Å². The molecule has 0 fully saturated rings. The zero-order valence-electron chi connectivity index (χ0n) is 14.4. The first-order valence-corrected chi connectivity index (χ1v) is 8.49. The molecular weight excluding hydrogens is 310 g/mol. The Morgan fingerprint density at radius 1 is 1.08 bits per heavy atom. The highest BCUT2D eigenvalue weighted by Gasteiger charge is 2.14. The molecule has 3 N–H and O–H groups in total. The number of nitrogens with two attached hydrogens (primary N) is 1. The zero-order chi connectivity index (χ0) is 17.4. The molecule has 2 heterocycles. The molecule has 25 heavy (non-hydrogen) atoms. The largest absolute Gasteiger partial charge is 0.369 e. The molecule has 0 spiro atoms. The number of nitrogen functional groups attached to an aromatic ring is 1. The van der Waals surface area contributed by atoms with Crippen LogP contribution in [0.4, 0.5) is 5.95 Å². The van der Waals surface area contributed by atoms with E-state index in [4.69, 9.17) is 5.73 Å². The Balaban J connectivity index is 1.85. The Kier molecular flexibility index (Phi) is 3.76. The Morgan fingerprint density at radius 3 is 2.64 bits per heavy atom. The van der Waals surface area contributed by atoms with Crippen molar-refractivity contribution in [2.24, 2.45) is 5.92 Å². The van der Waals surface area contributed by atoms with Gasteiger partial charge in [0.2, 0.25) is 5.95 Å². The maximum atomic E-state index is 6.12. The molecule has 0 amide bonds. The molecule has 2 aromatic carbocycles. The van der Waals surface area contributed by atoms with Gasteiger partial charge < -0.3 is 10.3 Å². The van der Waals surface area contributed by atoms with Crippen molar-refractivity contribution in [2.75, 3.05) is 5.73 Å². The number of hydrogen-bond donors (Lipinski definition) is 2. The Bertz CT molecular complexity index is 1010. The predicted octanol–water partition coefficient (Wildman–Crippen LogP) is 4.33. The highest BCUT2D eigenvalue weighted by molar-refractivity contribution is 5.88. The zero-order valence-corrected chi connectivity index (χ0v) is 14.4. The molecule has 5 heteroatoms. The molecule has 4 rings (SSSR count). The van der Waals surface area contributed by atoms with Crippen LogP contribution in [0.1, 0.15) is 13.8 Å². The average Bonchev–Trinajstić information content (AvgIpc) is 3.20. The smallest absolute Gasteiger partial charge is 0.201 e. The van der Waals surface area contributed by atoms with Gasteiger partial charge in [0.15, 0.2) is 0 Å². The van der Waals surface area contributed by atoms with Crippen LogP contribution in [-0.4, -0.2) is 19.7 Å². The van der Waals surface area contributed by atoms with Crippen LogP contribution < -0.4 is 5.73 Å². The average molecular weight is 331 g/mol. The van der Waals surface area contributed by atoms with Gasteiger partial charge in [0.25, 0.3) is 0 Å². The van der Waals surface area contributed by atoms with E-state index in [1.807, 2.05) is 30.5 Å². The quantitative estimate of drug-likeness (QED) is 0.584. The predicted molar refractivity (Wildman–Crippen MR) is 102 cm³/mol. The number of nitrogens with zero attached hydrogens (tertiary/aromatic N) is 3. The lowest BCUT2D eigenvalue weighted by Crippen LogP contribution is -2.07. The highest BCUT2D eigenvalue weighted by atomic mass is 15.2. The van der Waals surface area contributed by atoms with Crippen molar-refractivity contribution in [1.82, 2.24) is 19.7 Å². The fraction of sp³-hybridized carbons (Fsp3) is 0.200. The molecule has 0 saturated carbocycles. The summed E-state index contributed by atoms with van der Waals surface area (Å²) in [6.45, 7) is 5.21. The van der Waals surface area contributed by atoms with Crippen LogP contribution in [0.25, 0.3) is 33.4 Å². The summed E-state index contributed by atoms with van der Waals surface area (Å²) in [4.78, 5) is 4.49. The number of fused-ring (bicyclic) bond motifs is 1. The second kappa shape index (κ2) is 6.09. The van der Waals surface area contributed by atoms with Crippen LogP contribution in [0.15, 0.2) is 54.7 Å². The molecule has 0 bridgehead atoms. The summed E-state index contributed by atoms with van der Waals surface area (Å²) < 4.78 is 2.09. The van der Waals surface area contributed by atoms with Crippen molar-refractivity contribution in [2.45, 2.75) is 20.4 Å². The molecule has 0 aliphatic heterocycles. The van der Waals surface area contributed by atoms with Gasteiger partial charge in [-0.2, -0.15) is 5.10 Å². The van der Waals surface area contributed by atoms with Gasteiger partial charge in [0.1, 0.15) is 0 Å². The summed E-state index contributed by atoms with van der Waals surface area (Å²) in [5.41, 5.74) is 12.3. The maximum absolute atomic E-state index is 6.12. The van der Waals surface area contributed by atoms with Gasteiger partial charge in [-0.15, -0.1) is 0 Å². The molecule has 5 nitrogen and oxygen atoms in total. The minimum absolute atomic E-state index is 0.497. The molecule has 0 radical (unpaired) electrons. The van der Waals surface area contributed by atoms with Crippen LogP contribution in [0.3, 0.4) is 0 Å². The van der Waals surface area contributed by atoms with Crippen molar-refractivity contribution < 1.29 is 0 Å². The van der Waals surface area contributed by atoms with Crippen LogP contribution in [0.2, 0.25) is 0 Å². The van der Waals surface area contributed by atoms with Gasteiger partial charge in [-0.25, -0.2) is 4.98 Å². The van der Waals surface area contributed by atoms with Crippen molar-refractivity contribution >= 4 is 17.0 Å². The lowest BCUT2D eigenvalue weighted by Gasteiger charge is -2.10. The fourth-order valence-corrected chi connectivity index (χ4v) is 3.19. The maximum Gasteiger partial charge on any atom is 0.201 e. The van der Waals surface area contributed by atoms with E-state index in [9.17, 15) is 0 Å². The number of aromatic amines is 1. The third-order valence-electron chi connectivity index (χ3n) is 4.32. The molecule has 4 aromatic rings. The minimum Gasteiger partial charge on any atom is -0.369 e. The van der Waals surface area contributed by atoms with Gasteiger partial charge in [-0.1, -0.05) is 50.2 Å². The lowest BCUT2D eigenvalue weighted by molar-refractivity contribution is 0.538. The third-order valence-corrected chi connectivity index (χ3v) is 4.32. The van der Waals surface area contributed by atoms with Crippen LogP contribution in [0.5, 0.6) is 0 Å². The number of hydrogen-bond acceptors (Lipinski definition) is 3. The van der Waals surface area contributed by atoms with E-state index in [2.05, 4.69) is 57.9 Å². The van der Waals surface area contributed by atoms with Gasteiger partial charge in [0, 0.05) is 23.9 Å². The third kappa shape index (κ3) is 2.78. The summed E-state index contributed by atoms with van der Waals surface area (Å²) in [6.07, 6.45) is 1.94. The van der Waals surface area contributed by atoms with E-state index in [-0.39, 0.29) is 0 Å². The molecule has 0 unspecified atom stereocenters. The first-order valence-electron chi connectivity index (χ1n) is 8.49. The summed E-state index contributed by atoms with van der Waals surface area (Å²) in [5.74, 6) is 1.06. The normalized spacial score (nSPS) is 11.5. The van der Waals surface area contributed by atoms with E-state index < -0.39 is 0 Å². The molecule has 126 valence electrons. The standard InChI is InChI=1S/C20H21N5/c1-13(2)12-25-18-10-15(8-9-17(18)23-20(25)21)16-11-22-24-19(16)14-6-4-3-5-7-14/h3-11,13H,12H2,1-2H3,(H2,21,23)(H,22,24). The van der Waals surface area contributed by atoms with E-state index in [1.165, 1.54) is 0 Å². The van der Waals surface area contributed by atoms with Crippen LogP contribution in [0, 0.1) is 5.92 Å². The molecule has 0 aliphatic rings. The molecule has 0 saturated heterocycles. The number of aromatic nitrogens is 4. The number of anilines is 1. The summed E-state index contributed by atoms with van der Waals surface area (Å²) in [7, 11) is 0. The van der Waals surface area contributed by atoms with Crippen molar-refractivity contribution in [3.8, 4) is 22.4 Å². The van der Waals surface area contributed by atoms with E-state index in [0.717, 1.165) is 40.0 Å². The topological polar surface area (TPSA) is 72.5 Å². The van der Waals surface area contributed by atoms with E-state index in [0.29, 0.717) is 11.9 Å². The van der Waals surface area contributed by atoms with Gasteiger partial charge in [0.05, 0.1) is 16.7 Å². The van der Waals surface area contributed by atoms with Gasteiger partial charge in [-0.05, 0) is 23.6 Å². The molecule has 2 aromatic heterocycles. The number of benzene rings is 2. The lowest BCUT2D eigenvalue weighted by atomic mass is 10.0. The Labute approximate surface area is 146 Å². The first kappa shape index (κ1) is 15.4. The Morgan fingerprint density at radius 2 is 1.88 bits per heavy atom. The number of imidazole rings is 1. The summed E-state index contributed by atoms with van der Waals surface area (Å²) in [6, 6.07) is 16.4. The minimum atomic E-state index is 0.497. The first-order chi connectivity index (χ1) is 12.1. The van der Waals surface area contributed by atoms with Gasteiger partial charge >= 0.3 is 0 Å². The molecule has 0 atom stereocenters. The monoisotopic (exact) mass is 331 g/mol. The highest BCUT2D eigenvalue weighted by Crippen LogP contribution is 2.32. The van der Waals surface area contributed by atoms with Gasteiger partial charge in [-0.3, -0.25) is 5.10 Å². The van der Waals surface area contributed by atoms with Crippen molar-refractivity contribution in [3.05, 3.63) is 54.7 Å². The number of nitrogens with one attached hydrogen (secondary N) is 1. The molecule has 0 aliphatic carbocycles. The fourth-order valence-electron chi connectivity index (χ4n) is 3.19. The second-order valence-corrected chi connectivity index (χ2v) is 6.69. The summed E-state index contributed by atoms with van der Waals surface area (Å²) in [5, 5.41) is 7.45. The number of H-pyrrole nitrogens is 1. The summed E-state index contributed by atoms with van der Waals surface area (Å²) >= 11 is 0. The Hall–Kier alpha value is -3.08. The second-order valence-electron chi connectivity index (χ2n) is 6.69. The molecular formula is C20H21N5. The van der Waals surface area contributed by atoms with Crippen molar-refractivity contribution in [1.29, 1.82) is 0 Å². The SMILES string of the molecule is CC(C)Cn1c(N)nc2ccc(-c3c[nH]nc3-c3ccccc3)cc21. The van der Waals surface area contributed by atoms with Crippen LogP contribution >= 0.6 is 0 Å². The van der Waals surface area contributed by atoms with Crippen molar-refractivity contribution in [3.63, 3.8) is 0 Å². The van der Waals surface area contributed by atoms with E-state index in [1.54, 1.807) is 0 Å². The number of rotatable bonds is 4.